The molecule has 0 rings (SSSR count). The number of hydrogen-bond acceptors (Lipinski definition) is 8. The van der Waals surface area contributed by atoms with E-state index in [2.05, 4.69) is 40.3 Å². The fraction of sp³-hybridized carbons (Fsp3) is 0.833. The highest BCUT2D eigenvalue weighted by molar-refractivity contribution is 5.92. The smallest absolute Gasteiger partial charge is 0.243 e. The maximum absolute atomic E-state index is 13.4. The van der Waals surface area contributed by atoms with Crippen molar-refractivity contribution in [1.29, 1.82) is 0 Å². The summed E-state index contributed by atoms with van der Waals surface area (Å²) in [5, 5.41) is 11.6. The van der Waals surface area contributed by atoms with Crippen LogP contribution in [0.25, 0.3) is 0 Å². The van der Waals surface area contributed by atoms with Crippen LogP contribution in [0.1, 0.15) is 180 Å². The van der Waals surface area contributed by atoms with Crippen LogP contribution in [-0.2, 0) is 24.0 Å². The molecule has 0 radical (unpaired) electrons. The minimum Gasteiger partial charge on any atom is -0.368 e. The first kappa shape index (κ1) is 52.0. The van der Waals surface area contributed by atoms with E-state index >= 15 is 0 Å². The number of unbranched alkanes of at least 4 members (excludes halogenated alkanes) is 16. The largest absolute Gasteiger partial charge is 0.368 e. The molecule has 5 amide bonds. The summed E-state index contributed by atoms with van der Waals surface area (Å²) >= 11 is 0. The third kappa shape index (κ3) is 31.8. The summed E-state index contributed by atoms with van der Waals surface area (Å²) < 4.78 is 0. The molecule has 55 heavy (non-hydrogen) atoms. The minimum atomic E-state index is -0.713. The molecule has 13 nitrogen and oxygen atoms in total. The van der Waals surface area contributed by atoms with Crippen molar-refractivity contribution in [1.82, 2.24) is 21.3 Å². The van der Waals surface area contributed by atoms with Crippen LogP contribution in [0.4, 0.5) is 0 Å². The van der Waals surface area contributed by atoms with Gasteiger partial charge in [-0.15, -0.1) is 0 Å². The molecule has 0 heterocycles. The Morgan fingerprint density at radius 1 is 0.473 bits per heavy atom. The second-order valence-electron chi connectivity index (χ2n) is 15.0. The van der Waals surface area contributed by atoms with E-state index < -0.39 is 24.0 Å². The molecule has 0 spiro atoms. The number of nitrogens with two attached hydrogens (primary N) is 4. The Morgan fingerprint density at radius 2 is 0.909 bits per heavy atom. The van der Waals surface area contributed by atoms with Crippen LogP contribution >= 0.6 is 0 Å². The lowest BCUT2D eigenvalue weighted by molar-refractivity contribution is -0.132. The van der Waals surface area contributed by atoms with Gasteiger partial charge in [0.15, 0.2) is 0 Å². The second-order valence-corrected chi connectivity index (χ2v) is 15.0. The van der Waals surface area contributed by atoms with Gasteiger partial charge in [0.25, 0.3) is 0 Å². The number of carbonyl (C=O) groups is 5. The van der Waals surface area contributed by atoms with Gasteiger partial charge in [-0.1, -0.05) is 83.3 Å². The van der Waals surface area contributed by atoms with E-state index in [1.54, 1.807) is 0 Å². The molecule has 0 saturated heterocycles. The zero-order valence-electron chi connectivity index (χ0n) is 34.7. The third-order valence-corrected chi connectivity index (χ3v) is 9.85. The molecular formula is C42H82N8O5. The summed E-state index contributed by atoms with van der Waals surface area (Å²) in [6.45, 7) is 4.32. The summed E-state index contributed by atoms with van der Waals surface area (Å²) in [6, 6.07) is -2.02. The lowest BCUT2D eigenvalue weighted by Gasteiger charge is -2.23. The molecule has 0 aromatic rings. The van der Waals surface area contributed by atoms with E-state index in [1.807, 2.05) is 0 Å². The van der Waals surface area contributed by atoms with Crippen LogP contribution in [0.3, 0.4) is 0 Å². The number of amides is 5. The SMILES string of the molecule is CCCCCC/C=C/CCCC(=O)NC(CCCCN)C(=O)NC(CCCCN)C(=O)NCCCCCCCCCCCC(=O)NC(CCCCN)C(N)=O. The molecule has 0 aliphatic carbocycles. The van der Waals surface area contributed by atoms with Crippen molar-refractivity contribution >= 4 is 29.5 Å². The van der Waals surface area contributed by atoms with Crippen molar-refractivity contribution in [3.63, 3.8) is 0 Å². The Balaban J connectivity index is 4.52. The van der Waals surface area contributed by atoms with Crippen LogP contribution in [0.2, 0.25) is 0 Å². The predicted molar refractivity (Wildman–Crippen MR) is 225 cm³/mol. The van der Waals surface area contributed by atoms with Crippen molar-refractivity contribution < 1.29 is 24.0 Å². The van der Waals surface area contributed by atoms with Crippen LogP contribution in [0.15, 0.2) is 12.2 Å². The zero-order valence-corrected chi connectivity index (χ0v) is 34.7. The van der Waals surface area contributed by atoms with Gasteiger partial charge in [-0.05, 0) is 116 Å². The van der Waals surface area contributed by atoms with Crippen molar-refractivity contribution in [2.24, 2.45) is 22.9 Å². The highest BCUT2D eigenvalue weighted by Crippen LogP contribution is 2.12. The van der Waals surface area contributed by atoms with E-state index in [-0.39, 0.29) is 23.6 Å². The summed E-state index contributed by atoms with van der Waals surface area (Å²) in [5.74, 6) is -1.32. The second kappa shape index (κ2) is 37.9. The minimum absolute atomic E-state index is 0.128. The van der Waals surface area contributed by atoms with Crippen LogP contribution in [0.5, 0.6) is 0 Å². The highest BCUT2D eigenvalue weighted by Gasteiger charge is 2.26. The third-order valence-electron chi connectivity index (χ3n) is 9.85. The van der Waals surface area contributed by atoms with Gasteiger partial charge in [-0.25, -0.2) is 0 Å². The first-order chi connectivity index (χ1) is 26.7. The van der Waals surface area contributed by atoms with Gasteiger partial charge in [-0.2, -0.15) is 0 Å². The number of nitrogens with one attached hydrogen (secondary N) is 4. The number of allylic oxidation sites excluding steroid dienone is 2. The standard InChI is InChI=1S/C42H82N8O5/c1-2-3-4-5-6-8-11-15-18-30-39(52)49-37(28-21-24-33-45)42(55)50-36(27-20-23-32-44)41(54)47-34-25-16-13-10-7-9-12-14-17-29-38(51)48-35(40(46)53)26-19-22-31-43/h8,11,35-37H,2-7,9-10,12-34,43-45H2,1H3,(H2,46,53)(H,47,54)(H,48,51)(H,49,52)(H,50,55)/b11-8+. The summed E-state index contributed by atoms with van der Waals surface area (Å²) in [5.41, 5.74) is 22.3. The average Bonchev–Trinajstić information content (AvgIpc) is 3.16. The predicted octanol–water partition coefficient (Wildman–Crippen LogP) is 5.03. The van der Waals surface area contributed by atoms with E-state index in [9.17, 15) is 24.0 Å². The van der Waals surface area contributed by atoms with E-state index in [1.165, 1.54) is 25.7 Å². The normalized spacial score (nSPS) is 12.9. The molecule has 0 fully saturated rings. The van der Waals surface area contributed by atoms with Gasteiger partial charge in [0.05, 0.1) is 0 Å². The molecule has 0 bridgehead atoms. The van der Waals surface area contributed by atoms with Gasteiger partial charge in [-0.3, -0.25) is 24.0 Å². The van der Waals surface area contributed by atoms with Crippen LogP contribution in [-0.4, -0.2) is 73.8 Å². The fourth-order valence-electron chi connectivity index (χ4n) is 6.39. The van der Waals surface area contributed by atoms with E-state index in [0.717, 1.165) is 103 Å². The van der Waals surface area contributed by atoms with Gasteiger partial charge in [0, 0.05) is 19.4 Å². The van der Waals surface area contributed by atoms with E-state index in [0.29, 0.717) is 71.1 Å². The van der Waals surface area contributed by atoms with Crippen LogP contribution < -0.4 is 44.2 Å². The van der Waals surface area contributed by atoms with Gasteiger partial charge in [0.1, 0.15) is 18.1 Å². The van der Waals surface area contributed by atoms with Gasteiger partial charge < -0.3 is 44.2 Å². The number of carbonyl (C=O) groups excluding carboxylic acids is 5. The first-order valence-electron chi connectivity index (χ1n) is 21.9. The summed E-state index contributed by atoms with van der Waals surface area (Å²) in [4.78, 5) is 63.2. The van der Waals surface area contributed by atoms with Crippen molar-refractivity contribution in [3.8, 4) is 0 Å². The summed E-state index contributed by atoms with van der Waals surface area (Å²) in [7, 11) is 0. The van der Waals surface area contributed by atoms with Crippen molar-refractivity contribution in [2.45, 2.75) is 198 Å². The quantitative estimate of drug-likeness (QED) is 0.0311. The lowest BCUT2D eigenvalue weighted by Crippen LogP contribution is -2.53. The summed E-state index contributed by atoms with van der Waals surface area (Å²) in [6.07, 6.45) is 27.7. The molecule has 0 aliphatic heterocycles. The molecule has 0 aliphatic rings. The Labute approximate surface area is 333 Å². The molecule has 12 N–H and O–H groups in total. The molecule has 3 unspecified atom stereocenters. The maximum Gasteiger partial charge on any atom is 0.243 e. The Bertz CT molecular complexity index is 1030. The maximum atomic E-state index is 13.4. The molecule has 3 atom stereocenters. The molecule has 0 aromatic carbocycles. The van der Waals surface area contributed by atoms with Gasteiger partial charge in [0.2, 0.25) is 29.5 Å². The molecule has 320 valence electrons. The number of rotatable bonds is 39. The number of hydrogen-bond donors (Lipinski definition) is 8. The lowest BCUT2D eigenvalue weighted by atomic mass is 10.0. The molecule has 13 heteroatoms. The molecule has 0 saturated carbocycles. The van der Waals surface area contributed by atoms with Crippen molar-refractivity contribution in [2.75, 3.05) is 26.2 Å². The monoisotopic (exact) mass is 779 g/mol. The van der Waals surface area contributed by atoms with Crippen LogP contribution in [0, 0.1) is 0 Å². The Morgan fingerprint density at radius 3 is 1.44 bits per heavy atom. The Kier molecular flexibility index (Phi) is 35.8. The molecule has 0 aromatic heterocycles. The Hall–Kier alpha value is -3.03. The number of primary amides is 1. The van der Waals surface area contributed by atoms with Crippen molar-refractivity contribution in [3.05, 3.63) is 12.2 Å². The zero-order chi connectivity index (χ0) is 40.8. The van der Waals surface area contributed by atoms with Gasteiger partial charge >= 0.3 is 0 Å². The molecular weight excluding hydrogens is 697 g/mol. The fourth-order valence-corrected chi connectivity index (χ4v) is 6.39. The topological polar surface area (TPSA) is 238 Å². The first-order valence-corrected chi connectivity index (χ1v) is 21.9. The highest BCUT2D eigenvalue weighted by atomic mass is 16.2. The van der Waals surface area contributed by atoms with E-state index in [4.69, 9.17) is 22.9 Å². The average molecular weight is 779 g/mol.